The lowest BCUT2D eigenvalue weighted by molar-refractivity contribution is -0.121. The lowest BCUT2D eigenvalue weighted by Crippen LogP contribution is -2.29. The fourth-order valence-corrected chi connectivity index (χ4v) is 3.22. The van der Waals surface area contributed by atoms with E-state index in [2.05, 4.69) is 15.5 Å². The molecule has 2 aromatic rings. The Bertz CT molecular complexity index is 633. The van der Waals surface area contributed by atoms with Crippen LogP contribution in [0.2, 0.25) is 0 Å². The second kappa shape index (κ2) is 7.40. The highest BCUT2D eigenvalue weighted by Crippen LogP contribution is 2.27. The molecule has 1 heterocycles. The normalized spacial score (nSPS) is 16.4. The van der Waals surface area contributed by atoms with E-state index in [-0.39, 0.29) is 11.8 Å². The smallest absolute Gasteiger partial charge is 0.224 e. The summed E-state index contributed by atoms with van der Waals surface area (Å²) in [6, 6.07) is 9.87. The van der Waals surface area contributed by atoms with Crippen molar-refractivity contribution in [2.45, 2.75) is 44.9 Å². The summed E-state index contributed by atoms with van der Waals surface area (Å²) in [5, 5.41) is 11.1. The lowest BCUT2D eigenvalue weighted by atomic mass is 9.95. The molecule has 23 heavy (non-hydrogen) atoms. The number of benzene rings is 1. The van der Waals surface area contributed by atoms with Crippen molar-refractivity contribution in [1.29, 1.82) is 0 Å². The van der Waals surface area contributed by atoms with E-state index in [1.54, 1.807) is 6.92 Å². The second-order valence-electron chi connectivity index (χ2n) is 6.28. The summed E-state index contributed by atoms with van der Waals surface area (Å²) in [7, 11) is 0. The summed E-state index contributed by atoms with van der Waals surface area (Å²) in [6.45, 7) is 2.54. The van der Waals surface area contributed by atoms with E-state index in [9.17, 15) is 4.79 Å². The van der Waals surface area contributed by atoms with Gasteiger partial charge in [0.2, 0.25) is 17.7 Å². The Kier molecular flexibility index (Phi) is 5.05. The first-order chi connectivity index (χ1) is 11.2. The summed E-state index contributed by atoms with van der Waals surface area (Å²) in [5.74, 6) is 1.51. The molecule has 0 aliphatic heterocycles. The van der Waals surface area contributed by atoms with Gasteiger partial charge in [-0.05, 0) is 24.3 Å². The van der Waals surface area contributed by atoms with Gasteiger partial charge in [0.1, 0.15) is 0 Å². The number of carbonyl (C=O) groups excluding carboxylic acids is 1. The number of hydrogen-bond donors (Lipinski definition) is 1. The van der Waals surface area contributed by atoms with Crippen molar-refractivity contribution < 1.29 is 9.21 Å². The average molecular weight is 313 g/mol. The van der Waals surface area contributed by atoms with Crippen molar-refractivity contribution in [1.82, 2.24) is 15.5 Å². The fraction of sp³-hybridized carbons (Fsp3) is 0.500. The highest BCUT2D eigenvalue weighted by atomic mass is 16.4. The van der Waals surface area contributed by atoms with Crippen LogP contribution in [0.3, 0.4) is 0 Å². The van der Waals surface area contributed by atoms with E-state index >= 15 is 0 Å². The summed E-state index contributed by atoms with van der Waals surface area (Å²) < 4.78 is 5.58. The van der Waals surface area contributed by atoms with E-state index in [0.29, 0.717) is 24.1 Å². The number of hydrogen-bond acceptors (Lipinski definition) is 4. The molecule has 122 valence electrons. The van der Waals surface area contributed by atoms with Crippen LogP contribution in [-0.4, -0.2) is 22.6 Å². The standard InChI is InChI=1S/C18H23N3O2/c1-13-20-21-18(23-13)16(15-9-3-2-4-10-15)11-17(22)19-12-14-7-5-6-8-14/h2-4,9-10,14,16H,5-8,11-12H2,1H3,(H,19,22). The maximum atomic E-state index is 12.4. The van der Waals surface area contributed by atoms with Gasteiger partial charge >= 0.3 is 0 Å². The van der Waals surface area contributed by atoms with Crippen molar-refractivity contribution in [3.8, 4) is 0 Å². The molecule has 5 heteroatoms. The SMILES string of the molecule is Cc1nnc(C(CC(=O)NCC2CCCC2)c2ccccc2)o1. The van der Waals surface area contributed by atoms with Gasteiger partial charge in [-0.3, -0.25) is 4.79 Å². The Morgan fingerprint density at radius 3 is 2.65 bits per heavy atom. The van der Waals surface area contributed by atoms with Crippen molar-refractivity contribution in [3.63, 3.8) is 0 Å². The maximum absolute atomic E-state index is 12.4. The predicted octanol–water partition coefficient (Wildman–Crippen LogP) is 3.21. The number of aryl methyl sites for hydroxylation is 1. The summed E-state index contributed by atoms with van der Waals surface area (Å²) in [5.41, 5.74) is 1.02. The maximum Gasteiger partial charge on any atom is 0.224 e. The second-order valence-corrected chi connectivity index (χ2v) is 6.28. The quantitative estimate of drug-likeness (QED) is 0.889. The molecule has 1 aliphatic rings. The molecule has 1 aliphatic carbocycles. The van der Waals surface area contributed by atoms with Gasteiger partial charge in [0.25, 0.3) is 0 Å². The molecule has 1 unspecified atom stereocenters. The van der Waals surface area contributed by atoms with Crippen LogP contribution in [-0.2, 0) is 4.79 Å². The molecular weight excluding hydrogens is 290 g/mol. The van der Waals surface area contributed by atoms with Gasteiger partial charge in [0, 0.05) is 19.9 Å². The Balaban J connectivity index is 1.67. The van der Waals surface area contributed by atoms with Crippen molar-refractivity contribution in [2.24, 2.45) is 5.92 Å². The molecule has 1 amide bonds. The monoisotopic (exact) mass is 313 g/mol. The van der Waals surface area contributed by atoms with Crippen LogP contribution >= 0.6 is 0 Å². The molecule has 5 nitrogen and oxygen atoms in total. The molecule has 1 N–H and O–H groups in total. The zero-order valence-corrected chi connectivity index (χ0v) is 13.5. The largest absolute Gasteiger partial charge is 0.425 e. The van der Waals surface area contributed by atoms with E-state index < -0.39 is 0 Å². The lowest BCUT2D eigenvalue weighted by Gasteiger charge is -2.15. The minimum absolute atomic E-state index is 0.0432. The van der Waals surface area contributed by atoms with Gasteiger partial charge in [-0.15, -0.1) is 10.2 Å². The third kappa shape index (κ3) is 4.18. The fourth-order valence-electron chi connectivity index (χ4n) is 3.22. The van der Waals surface area contributed by atoms with Crippen molar-refractivity contribution in [2.75, 3.05) is 6.54 Å². The van der Waals surface area contributed by atoms with Gasteiger partial charge in [-0.2, -0.15) is 0 Å². The first kappa shape index (κ1) is 15.7. The van der Waals surface area contributed by atoms with Gasteiger partial charge in [0.15, 0.2) is 0 Å². The Morgan fingerprint density at radius 2 is 2.00 bits per heavy atom. The van der Waals surface area contributed by atoms with Crippen LogP contribution in [0.4, 0.5) is 0 Å². The zero-order chi connectivity index (χ0) is 16.1. The number of rotatable bonds is 6. The van der Waals surface area contributed by atoms with Crippen LogP contribution in [0.15, 0.2) is 34.7 Å². The van der Waals surface area contributed by atoms with Crippen LogP contribution in [0.5, 0.6) is 0 Å². The van der Waals surface area contributed by atoms with Gasteiger partial charge in [-0.1, -0.05) is 43.2 Å². The molecule has 1 aromatic heterocycles. The number of amides is 1. The van der Waals surface area contributed by atoms with Gasteiger partial charge in [0.05, 0.1) is 5.92 Å². The van der Waals surface area contributed by atoms with E-state index in [0.717, 1.165) is 12.1 Å². The summed E-state index contributed by atoms with van der Waals surface area (Å²) in [4.78, 5) is 12.4. The van der Waals surface area contributed by atoms with Crippen LogP contribution in [0.25, 0.3) is 0 Å². The minimum Gasteiger partial charge on any atom is -0.425 e. The van der Waals surface area contributed by atoms with Crippen LogP contribution in [0, 0.1) is 12.8 Å². The zero-order valence-electron chi connectivity index (χ0n) is 13.5. The molecule has 1 saturated carbocycles. The average Bonchev–Trinajstić information content (AvgIpc) is 3.23. The number of aromatic nitrogens is 2. The molecule has 1 aromatic carbocycles. The van der Waals surface area contributed by atoms with Crippen LogP contribution < -0.4 is 5.32 Å². The highest BCUT2D eigenvalue weighted by molar-refractivity contribution is 5.77. The third-order valence-electron chi connectivity index (χ3n) is 4.49. The van der Waals surface area contributed by atoms with Gasteiger partial charge < -0.3 is 9.73 Å². The Morgan fingerprint density at radius 1 is 1.26 bits per heavy atom. The van der Waals surface area contributed by atoms with E-state index in [4.69, 9.17) is 4.42 Å². The number of nitrogens with zero attached hydrogens (tertiary/aromatic N) is 2. The molecular formula is C18H23N3O2. The topological polar surface area (TPSA) is 68.0 Å². The number of nitrogens with one attached hydrogen (secondary N) is 1. The van der Waals surface area contributed by atoms with Gasteiger partial charge in [-0.25, -0.2) is 0 Å². The minimum atomic E-state index is -0.194. The summed E-state index contributed by atoms with van der Waals surface area (Å²) >= 11 is 0. The first-order valence-electron chi connectivity index (χ1n) is 8.34. The third-order valence-corrected chi connectivity index (χ3v) is 4.49. The van der Waals surface area contributed by atoms with Crippen LogP contribution in [0.1, 0.15) is 55.4 Å². The summed E-state index contributed by atoms with van der Waals surface area (Å²) in [6.07, 6.45) is 5.36. The molecule has 1 atom stereocenters. The molecule has 0 spiro atoms. The molecule has 0 saturated heterocycles. The van der Waals surface area contributed by atoms with E-state index in [1.165, 1.54) is 25.7 Å². The molecule has 1 fully saturated rings. The Labute approximate surface area is 136 Å². The Hall–Kier alpha value is -2.17. The highest BCUT2D eigenvalue weighted by Gasteiger charge is 2.24. The predicted molar refractivity (Wildman–Crippen MR) is 86.9 cm³/mol. The number of carbonyl (C=O) groups is 1. The molecule has 0 radical (unpaired) electrons. The molecule has 3 rings (SSSR count). The van der Waals surface area contributed by atoms with E-state index in [1.807, 2.05) is 30.3 Å². The van der Waals surface area contributed by atoms with Crippen molar-refractivity contribution >= 4 is 5.91 Å². The first-order valence-corrected chi connectivity index (χ1v) is 8.34. The van der Waals surface area contributed by atoms with Crippen molar-refractivity contribution in [3.05, 3.63) is 47.7 Å². The molecule has 0 bridgehead atoms.